The highest BCUT2D eigenvalue weighted by atomic mass is 16.5. The second-order valence-electron chi connectivity index (χ2n) is 6.33. The summed E-state index contributed by atoms with van der Waals surface area (Å²) in [4.78, 5) is 15.1. The van der Waals surface area contributed by atoms with E-state index >= 15 is 0 Å². The van der Waals surface area contributed by atoms with E-state index in [0.717, 1.165) is 11.3 Å². The number of ether oxygens (including phenoxy) is 3. The predicted octanol–water partition coefficient (Wildman–Crippen LogP) is 4.95. The number of rotatable bonds is 8. The smallest absolute Gasteiger partial charge is 0.258 e. The molecular formula is C24H25NO4. The molecule has 0 aliphatic heterocycles. The first-order chi connectivity index (χ1) is 14.2. The summed E-state index contributed by atoms with van der Waals surface area (Å²) in [5.41, 5.74) is 2.17. The molecule has 0 N–H and O–H groups in total. The minimum atomic E-state index is -0.102. The molecular weight excluding hydrogens is 366 g/mol. The number of nitrogens with zero attached hydrogens (tertiary/aromatic N) is 1. The molecule has 0 spiro atoms. The number of methoxy groups -OCH3 is 2. The summed E-state index contributed by atoms with van der Waals surface area (Å²) in [6.45, 7) is 2.74. The number of carbonyl (C=O) groups excluding carboxylic acids is 1. The number of anilines is 1. The third kappa shape index (κ3) is 4.69. The third-order valence-corrected chi connectivity index (χ3v) is 4.54. The highest BCUT2D eigenvalue weighted by molar-refractivity contribution is 6.06. The average molecular weight is 391 g/mol. The van der Waals surface area contributed by atoms with Gasteiger partial charge in [0.2, 0.25) is 0 Å². The average Bonchev–Trinajstić information content (AvgIpc) is 2.78. The van der Waals surface area contributed by atoms with Gasteiger partial charge in [-0.2, -0.15) is 0 Å². The van der Waals surface area contributed by atoms with E-state index in [9.17, 15) is 4.79 Å². The van der Waals surface area contributed by atoms with Crippen LogP contribution in [0.2, 0.25) is 0 Å². The highest BCUT2D eigenvalue weighted by Gasteiger charge is 2.23. The van der Waals surface area contributed by atoms with Gasteiger partial charge in [0.05, 0.1) is 32.9 Å². The lowest BCUT2D eigenvalue weighted by molar-refractivity contribution is 0.0985. The van der Waals surface area contributed by atoms with Crippen LogP contribution in [0.15, 0.2) is 72.8 Å². The first-order valence-corrected chi connectivity index (χ1v) is 9.47. The minimum absolute atomic E-state index is 0.102. The van der Waals surface area contributed by atoms with Gasteiger partial charge in [-0.05, 0) is 31.2 Å². The second-order valence-corrected chi connectivity index (χ2v) is 6.33. The van der Waals surface area contributed by atoms with Crippen LogP contribution < -0.4 is 19.1 Å². The van der Waals surface area contributed by atoms with Crippen LogP contribution in [0.4, 0.5) is 5.69 Å². The highest BCUT2D eigenvalue weighted by Crippen LogP contribution is 2.36. The Morgan fingerprint density at radius 3 is 1.93 bits per heavy atom. The van der Waals surface area contributed by atoms with E-state index in [4.69, 9.17) is 14.2 Å². The zero-order chi connectivity index (χ0) is 20.6. The van der Waals surface area contributed by atoms with Crippen LogP contribution >= 0.6 is 0 Å². The van der Waals surface area contributed by atoms with Crippen molar-refractivity contribution in [3.63, 3.8) is 0 Å². The summed E-state index contributed by atoms with van der Waals surface area (Å²) in [5, 5.41) is 0. The maximum Gasteiger partial charge on any atom is 0.258 e. The molecule has 1 amide bonds. The zero-order valence-electron chi connectivity index (χ0n) is 16.9. The molecule has 5 nitrogen and oxygen atoms in total. The van der Waals surface area contributed by atoms with Crippen molar-refractivity contribution in [2.45, 2.75) is 13.5 Å². The fraction of sp³-hybridized carbons (Fsp3) is 0.208. The van der Waals surface area contributed by atoms with Crippen LogP contribution in [0.25, 0.3) is 0 Å². The van der Waals surface area contributed by atoms with Gasteiger partial charge in [-0.1, -0.05) is 36.4 Å². The molecule has 0 radical (unpaired) electrons. The quantitative estimate of drug-likeness (QED) is 0.545. The van der Waals surface area contributed by atoms with Crippen molar-refractivity contribution >= 4 is 11.6 Å². The van der Waals surface area contributed by atoms with Gasteiger partial charge < -0.3 is 19.1 Å². The fourth-order valence-corrected chi connectivity index (χ4v) is 3.15. The van der Waals surface area contributed by atoms with Crippen LogP contribution in [0.3, 0.4) is 0 Å². The maximum atomic E-state index is 13.3. The first kappa shape index (κ1) is 20.3. The summed E-state index contributed by atoms with van der Waals surface area (Å²) in [7, 11) is 3.19. The molecule has 0 aromatic heterocycles. The molecule has 3 rings (SSSR count). The van der Waals surface area contributed by atoms with Crippen molar-refractivity contribution in [3.05, 3.63) is 83.9 Å². The van der Waals surface area contributed by atoms with E-state index < -0.39 is 0 Å². The van der Waals surface area contributed by atoms with Gasteiger partial charge in [-0.25, -0.2) is 0 Å². The van der Waals surface area contributed by atoms with Crippen LogP contribution in [0.1, 0.15) is 22.8 Å². The predicted molar refractivity (Wildman–Crippen MR) is 114 cm³/mol. The second kappa shape index (κ2) is 9.64. The van der Waals surface area contributed by atoms with E-state index in [1.807, 2.05) is 79.7 Å². The molecule has 0 bridgehead atoms. The Labute approximate surface area is 171 Å². The number of amides is 1. The zero-order valence-corrected chi connectivity index (χ0v) is 16.9. The summed E-state index contributed by atoms with van der Waals surface area (Å²) >= 11 is 0. The van der Waals surface area contributed by atoms with Crippen LogP contribution in [0, 0.1) is 0 Å². The van der Waals surface area contributed by atoms with Crippen molar-refractivity contribution in [1.29, 1.82) is 0 Å². The SMILES string of the molecule is CCOc1cc(OC)c(CN(C(=O)c2ccccc2)c2ccccc2)c(OC)c1. The summed E-state index contributed by atoms with van der Waals surface area (Å²) in [5.74, 6) is 1.77. The lowest BCUT2D eigenvalue weighted by Gasteiger charge is -2.25. The van der Waals surface area contributed by atoms with Crippen LogP contribution in [-0.2, 0) is 6.54 Å². The number of para-hydroxylation sites is 1. The van der Waals surface area contributed by atoms with Gasteiger partial charge in [0.25, 0.3) is 5.91 Å². The van der Waals surface area contributed by atoms with E-state index in [-0.39, 0.29) is 12.5 Å². The lowest BCUT2D eigenvalue weighted by Crippen LogP contribution is -2.30. The molecule has 0 fully saturated rings. The molecule has 150 valence electrons. The van der Waals surface area contributed by atoms with Crippen LogP contribution in [0.5, 0.6) is 17.2 Å². The Bertz CT molecular complexity index is 917. The minimum Gasteiger partial charge on any atom is -0.496 e. The Morgan fingerprint density at radius 2 is 1.41 bits per heavy atom. The van der Waals surface area contributed by atoms with Gasteiger partial charge in [0.1, 0.15) is 17.2 Å². The molecule has 0 heterocycles. The van der Waals surface area contributed by atoms with Crippen molar-refractivity contribution in [1.82, 2.24) is 0 Å². The van der Waals surface area contributed by atoms with Crippen molar-refractivity contribution in [2.75, 3.05) is 25.7 Å². The summed E-state index contributed by atoms with van der Waals surface area (Å²) in [6.07, 6.45) is 0. The lowest BCUT2D eigenvalue weighted by atomic mass is 10.1. The molecule has 0 aliphatic rings. The van der Waals surface area contributed by atoms with Crippen molar-refractivity contribution in [2.24, 2.45) is 0 Å². The number of hydrogen-bond acceptors (Lipinski definition) is 4. The topological polar surface area (TPSA) is 48.0 Å². The van der Waals surface area contributed by atoms with Crippen molar-refractivity contribution < 1.29 is 19.0 Å². The van der Waals surface area contributed by atoms with Crippen LogP contribution in [-0.4, -0.2) is 26.7 Å². The standard InChI is InChI=1S/C24H25NO4/c1-4-29-20-15-22(27-2)21(23(16-20)28-3)17-25(19-13-9-6-10-14-19)24(26)18-11-7-5-8-12-18/h5-16H,4,17H2,1-3H3. The monoisotopic (exact) mass is 391 g/mol. The largest absolute Gasteiger partial charge is 0.496 e. The molecule has 3 aromatic carbocycles. The molecule has 0 saturated carbocycles. The fourth-order valence-electron chi connectivity index (χ4n) is 3.15. The van der Waals surface area contributed by atoms with E-state index in [0.29, 0.717) is 29.4 Å². The normalized spacial score (nSPS) is 10.3. The molecule has 3 aromatic rings. The number of carbonyl (C=O) groups is 1. The molecule has 5 heteroatoms. The number of benzene rings is 3. The Morgan fingerprint density at radius 1 is 0.862 bits per heavy atom. The Kier molecular flexibility index (Phi) is 6.74. The molecule has 0 saturated heterocycles. The van der Waals surface area contributed by atoms with E-state index in [1.54, 1.807) is 19.1 Å². The third-order valence-electron chi connectivity index (χ3n) is 4.54. The Balaban J connectivity index is 2.05. The molecule has 0 atom stereocenters. The van der Waals surface area contributed by atoms with Gasteiger partial charge in [0.15, 0.2) is 0 Å². The molecule has 0 unspecified atom stereocenters. The van der Waals surface area contributed by atoms with Crippen molar-refractivity contribution in [3.8, 4) is 17.2 Å². The van der Waals surface area contributed by atoms with Gasteiger partial charge in [0, 0.05) is 23.4 Å². The number of hydrogen-bond donors (Lipinski definition) is 0. The Hall–Kier alpha value is -3.47. The summed E-state index contributed by atoms with van der Waals surface area (Å²) in [6, 6.07) is 22.4. The first-order valence-electron chi connectivity index (χ1n) is 9.47. The van der Waals surface area contributed by atoms with Gasteiger partial charge >= 0.3 is 0 Å². The van der Waals surface area contributed by atoms with Gasteiger partial charge in [-0.15, -0.1) is 0 Å². The van der Waals surface area contributed by atoms with E-state index in [1.165, 1.54) is 0 Å². The summed E-state index contributed by atoms with van der Waals surface area (Å²) < 4.78 is 16.8. The van der Waals surface area contributed by atoms with E-state index in [2.05, 4.69) is 0 Å². The van der Waals surface area contributed by atoms with Gasteiger partial charge in [-0.3, -0.25) is 4.79 Å². The maximum absolute atomic E-state index is 13.3. The molecule has 0 aliphatic carbocycles. The molecule has 29 heavy (non-hydrogen) atoms.